The van der Waals surface area contributed by atoms with Gasteiger partial charge in [-0.1, -0.05) is 32.9 Å². The van der Waals surface area contributed by atoms with Gasteiger partial charge in [0.2, 0.25) is 0 Å². The topological polar surface area (TPSA) is 44.5 Å². The molecule has 0 heterocycles. The lowest BCUT2D eigenvalue weighted by Crippen LogP contribution is -2.11. The van der Waals surface area contributed by atoms with Crippen LogP contribution in [0.4, 0.5) is 0 Å². The highest BCUT2D eigenvalue weighted by molar-refractivity contribution is 5.31. The van der Waals surface area contributed by atoms with Gasteiger partial charge in [-0.3, -0.25) is 0 Å². The van der Waals surface area contributed by atoms with Crippen LogP contribution in [0.1, 0.15) is 32.8 Å². The molecule has 0 saturated carbocycles. The summed E-state index contributed by atoms with van der Waals surface area (Å²) in [5.41, 5.74) is 6.84. The second-order valence-corrected chi connectivity index (χ2v) is 5.38. The van der Waals surface area contributed by atoms with Gasteiger partial charge in [0.1, 0.15) is 5.75 Å². The van der Waals surface area contributed by atoms with Crippen LogP contribution in [0, 0.1) is 0 Å². The average molecular weight is 251 g/mol. The van der Waals surface area contributed by atoms with E-state index in [1.54, 1.807) is 0 Å². The van der Waals surface area contributed by atoms with Crippen LogP contribution in [0.15, 0.2) is 24.3 Å². The van der Waals surface area contributed by atoms with Gasteiger partial charge in [0.15, 0.2) is 0 Å². The van der Waals surface area contributed by atoms with Crippen LogP contribution in [0.3, 0.4) is 0 Å². The molecule has 0 spiro atoms. The molecule has 0 aromatic heterocycles. The van der Waals surface area contributed by atoms with Crippen molar-refractivity contribution in [3.8, 4) is 5.75 Å². The van der Waals surface area contributed by atoms with Gasteiger partial charge < -0.3 is 15.2 Å². The van der Waals surface area contributed by atoms with Gasteiger partial charge in [0.05, 0.1) is 13.2 Å². The van der Waals surface area contributed by atoms with E-state index in [9.17, 15) is 0 Å². The second kappa shape index (κ2) is 7.39. The first-order chi connectivity index (χ1) is 8.54. The molecule has 18 heavy (non-hydrogen) atoms. The Morgan fingerprint density at radius 3 is 2.22 bits per heavy atom. The molecule has 1 rings (SSSR count). The Morgan fingerprint density at radius 1 is 1.00 bits per heavy atom. The lowest BCUT2D eigenvalue weighted by Gasteiger charge is -2.19. The minimum Gasteiger partial charge on any atom is -0.494 e. The Hall–Kier alpha value is -1.06. The Bertz CT molecular complexity index is 327. The Labute approximate surface area is 110 Å². The second-order valence-electron chi connectivity index (χ2n) is 5.38. The zero-order valence-electron chi connectivity index (χ0n) is 11.7. The monoisotopic (exact) mass is 251 g/mol. The maximum absolute atomic E-state index is 5.64. The summed E-state index contributed by atoms with van der Waals surface area (Å²) in [7, 11) is 0. The average Bonchev–Trinajstić information content (AvgIpc) is 2.33. The largest absolute Gasteiger partial charge is 0.494 e. The Balaban J connectivity index is 2.27. The zero-order valence-corrected chi connectivity index (χ0v) is 11.7. The molecule has 2 N–H and O–H groups in total. The highest BCUT2D eigenvalue weighted by atomic mass is 16.5. The summed E-state index contributed by atoms with van der Waals surface area (Å²) < 4.78 is 10.9. The quantitative estimate of drug-likeness (QED) is 0.758. The van der Waals surface area contributed by atoms with Crippen molar-refractivity contribution < 1.29 is 9.47 Å². The Kier molecular flexibility index (Phi) is 6.16. The van der Waals surface area contributed by atoms with Crippen LogP contribution in [0.5, 0.6) is 5.75 Å². The lowest BCUT2D eigenvalue weighted by molar-refractivity contribution is 0.126. The summed E-state index contributed by atoms with van der Waals surface area (Å²) in [5, 5.41) is 0. The van der Waals surface area contributed by atoms with E-state index in [-0.39, 0.29) is 5.41 Å². The van der Waals surface area contributed by atoms with Crippen molar-refractivity contribution in [1.29, 1.82) is 0 Å². The zero-order chi connectivity index (χ0) is 13.4. The first kappa shape index (κ1) is 15.0. The molecule has 0 bridgehead atoms. The van der Waals surface area contributed by atoms with E-state index in [1.165, 1.54) is 5.56 Å². The predicted octanol–water partition coefficient (Wildman–Crippen LogP) is 2.73. The van der Waals surface area contributed by atoms with Crippen LogP contribution in [-0.4, -0.2) is 26.4 Å². The minimum absolute atomic E-state index is 0.189. The van der Waals surface area contributed by atoms with Crippen LogP contribution >= 0.6 is 0 Å². The van der Waals surface area contributed by atoms with E-state index < -0.39 is 0 Å². The van der Waals surface area contributed by atoms with Gasteiger partial charge in [0, 0.05) is 19.6 Å². The highest BCUT2D eigenvalue weighted by Crippen LogP contribution is 2.24. The molecule has 0 aliphatic rings. The van der Waals surface area contributed by atoms with E-state index in [0.29, 0.717) is 26.4 Å². The van der Waals surface area contributed by atoms with Crippen molar-refractivity contribution in [3.05, 3.63) is 29.8 Å². The third kappa shape index (κ3) is 5.52. The summed E-state index contributed by atoms with van der Waals surface area (Å²) in [4.78, 5) is 0. The summed E-state index contributed by atoms with van der Waals surface area (Å²) in [6.45, 7) is 9.21. The highest BCUT2D eigenvalue weighted by Gasteiger charge is 2.12. The molecule has 0 aliphatic heterocycles. The SMILES string of the molecule is CC(C)(C)c1ccc(OCCCOCCN)cc1. The van der Waals surface area contributed by atoms with Crippen molar-refractivity contribution in [1.82, 2.24) is 0 Å². The summed E-state index contributed by atoms with van der Waals surface area (Å²) >= 11 is 0. The van der Waals surface area contributed by atoms with Crippen LogP contribution in [0.25, 0.3) is 0 Å². The van der Waals surface area contributed by atoms with Crippen molar-refractivity contribution in [2.45, 2.75) is 32.6 Å². The number of rotatable bonds is 7. The fraction of sp³-hybridized carbons (Fsp3) is 0.600. The van der Waals surface area contributed by atoms with Crippen LogP contribution in [0.2, 0.25) is 0 Å². The summed E-state index contributed by atoms with van der Waals surface area (Å²) in [6, 6.07) is 8.31. The van der Waals surface area contributed by atoms with E-state index in [1.807, 2.05) is 12.1 Å². The molecule has 3 heteroatoms. The predicted molar refractivity (Wildman–Crippen MR) is 75.1 cm³/mol. The lowest BCUT2D eigenvalue weighted by atomic mass is 9.87. The number of hydrogen-bond acceptors (Lipinski definition) is 3. The maximum Gasteiger partial charge on any atom is 0.119 e. The van der Waals surface area contributed by atoms with Crippen LogP contribution < -0.4 is 10.5 Å². The number of hydrogen-bond donors (Lipinski definition) is 1. The van der Waals surface area contributed by atoms with E-state index in [0.717, 1.165) is 12.2 Å². The first-order valence-corrected chi connectivity index (χ1v) is 6.55. The molecule has 0 radical (unpaired) electrons. The molecule has 0 unspecified atom stereocenters. The minimum atomic E-state index is 0.189. The van der Waals surface area contributed by atoms with Crippen molar-refractivity contribution in [3.63, 3.8) is 0 Å². The fourth-order valence-corrected chi connectivity index (χ4v) is 1.59. The number of ether oxygens (including phenoxy) is 2. The van der Waals surface area contributed by atoms with Gasteiger partial charge in [-0.05, 0) is 23.1 Å². The van der Waals surface area contributed by atoms with E-state index in [2.05, 4.69) is 32.9 Å². The molecular weight excluding hydrogens is 226 g/mol. The molecule has 3 nitrogen and oxygen atoms in total. The van der Waals surface area contributed by atoms with Gasteiger partial charge >= 0.3 is 0 Å². The van der Waals surface area contributed by atoms with Crippen molar-refractivity contribution >= 4 is 0 Å². The summed E-state index contributed by atoms with van der Waals surface area (Å²) in [5.74, 6) is 0.918. The number of benzene rings is 1. The van der Waals surface area contributed by atoms with E-state index >= 15 is 0 Å². The molecule has 0 amide bonds. The van der Waals surface area contributed by atoms with Gasteiger partial charge in [0.25, 0.3) is 0 Å². The molecule has 0 aliphatic carbocycles. The standard InChI is InChI=1S/C15H25NO2/c1-15(2,3)13-5-7-14(8-6-13)18-11-4-10-17-12-9-16/h5-8H,4,9-12,16H2,1-3H3. The molecule has 0 fully saturated rings. The third-order valence-corrected chi connectivity index (χ3v) is 2.68. The maximum atomic E-state index is 5.64. The fourth-order valence-electron chi connectivity index (χ4n) is 1.59. The Morgan fingerprint density at radius 2 is 1.67 bits per heavy atom. The van der Waals surface area contributed by atoms with Gasteiger partial charge in [-0.25, -0.2) is 0 Å². The smallest absolute Gasteiger partial charge is 0.119 e. The van der Waals surface area contributed by atoms with Gasteiger partial charge in [-0.15, -0.1) is 0 Å². The number of nitrogens with two attached hydrogens (primary N) is 1. The summed E-state index contributed by atoms with van der Waals surface area (Å²) in [6.07, 6.45) is 0.890. The van der Waals surface area contributed by atoms with E-state index in [4.69, 9.17) is 15.2 Å². The molecule has 1 aromatic rings. The molecular formula is C15H25NO2. The normalized spacial score (nSPS) is 11.6. The van der Waals surface area contributed by atoms with Gasteiger partial charge in [-0.2, -0.15) is 0 Å². The first-order valence-electron chi connectivity index (χ1n) is 6.55. The third-order valence-electron chi connectivity index (χ3n) is 2.68. The molecule has 0 atom stereocenters. The molecule has 1 aromatic carbocycles. The molecule has 0 saturated heterocycles. The molecule has 102 valence electrons. The van der Waals surface area contributed by atoms with Crippen molar-refractivity contribution in [2.75, 3.05) is 26.4 Å². The van der Waals surface area contributed by atoms with Crippen molar-refractivity contribution in [2.24, 2.45) is 5.73 Å². The van der Waals surface area contributed by atoms with Crippen LogP contribution in [-0.2, 0) is 10.2 Å².